The number of thiazole rings is 1. The molecule has 47 heavy (non-hydrogen) atoms. The number of aliphatic imine (C=N–C) groups is 1. The fourth-order valence-corrected chi connectivity index (χ4v) is 7.46. The Kier molecular flexibility index (Phi) is 9.51. The zero-order valence-corrected chi connectivity index (χ0v) is 27.4. The maximum absolute atomic E-state index is 14.8. The zero-order valence-electron chi connectivity index (χ0n) is 26.6. The summed E-state index contributed by atoms with van der Waals surface area (Å²) in [6, 6.07) is 11.6. The van der Waals surface area contributed by atoms with Crippen molar-refractivity contribution >= 4 is 40.7 Å². The van der Waals surface area contributed by atoms with E-state index in [1.165, 1.54) is 17.4 Å². The summed E-state index contributed by atoms with van der Waals surface area (Å²) in [5.41, 5.74) is 3.69. The van der Waals surface area contributed by atoms with Crippen LogP contribution in [0.3, 0.4) is 0 Å². The van der Waals surface area contributed by atoms with Crippen LogP contribution >= 0.6 is 11.3 Å². The number of piperidine rings is 1. The minimum absolute atomic E-state index is 0.0465. The largest absolute Gasteiger partial charge is 0.481 e. The second kappa shape index (κ2) is 13.7. The molecular formula is C35H38FN5O5S. The summed E-state index contributed by atoms with van der Waals surface area (Å²) < 4.78 is 20.3. The lowest BCUT2D eigenvalue weighted by molar-refractivity contribution is -0.139. The highest BCUT2D eigenvalue weighted by Gasteiger charge is 2.44. The number of ether oxygens (including phenoxy) is 1. The molecule has 12 heteroatoms. The Hall–Kier alpha value is -4.42. The number of nitrogens with one attached hydrogen (secondary N) is 1. The summed E-state index contributed by atoms with van der Waals surface area (Å²) in [5, 5.41) is 15.0. The van der Waals surface area contributed by atoms with Crippen LogP contribution in [0.25, 0.3) is 0 Å². The molecule has 2 aromatic carbocycles. The smallest absolute Gasteiger partial charge is 0.338 e. The monoisotopic (exact) mass is 659 g/mol. The number of nitrogens with zero attached hydrogens (tertiary/aromatic N) is 4. The number of amidine groups is 1. The standard InChI is InChI=1S/C35H38FN5O5S/c1-4-46-35(45)30-28(38-32(33-37-13-15-47-33)39-31(30)25-6-5-7-27(36)21(25)3)19-40-14-12-26-23(17-40)18-41(34(26)44)24-10-8-22(9-11-24)20(2)16-29(42)43/h5-11,13,15,20,23,26,31H,4,12,14,16-19H2,1-3H3,(H,38,39)(H,42,43)/t20?,23?,26-,31-/m0/s1. The van der Waals surface area contributed by atoms with Crippen LogP contribution < -0.4 is 10.2 Å². The van der Waals surface area contributed by atoms with Crippen LogP contribution in [0.2, 0.25) is 0 Å². The van der Waals surface area contributed by atoms with E-state index in [4.69, 9.17) is 14.8 Å². The van der Waals surface area contributed by atoms with Gasteiger partial charge in [0.25, 0.3) is 0 Å². The van der Waals surface area contributed by atoms with Crippen LogP contribution in [0.1, 0.15) is 60.3 Å². The number of esters is 1. The molecule has 1 aromatic heterocycles. The van der Waals surface area contributed by atoms with Crippen molar-refractivity contribution < 1.29 is 28.6 Å². The van der Waals surface area contributed by atoms with Crippen LogP contribution in [0.5, 0.6) is 0 Å². The molecule has 1 amide bonds. The molecule has 10 nitrogen and oxygen atoms in total. The first-order valence-corrected chi connectivity index (χ1v) is 16.8. The van der Waals surface area contributed by atoms with Crippen molar-refractivity contribution in [2.24, 2.45) is 16.8 Å². The highest BCUT2D eigenvalue weighted by molar-refractivity contribution is 7.11. The van der Waals surface area contributed by atoms with Crippen molar-refractivity contribution in [3.05, 3.63) is 92.8 Å². The maximum atomic E-state index is 14.8. The van der Waals surface area contributed by atoms with E-state index in [-0.39, 0.29) is 42.5 Å². The number of anilines is 1. The van der Waals surface area contributed by atoms with E-state index < -0.39 is 18.0 Å². The average molecular weight is 660 g/mol. The fraction of sp³-hybridized carbons (Fsp3) is 0.400. The van der Waals surface area contributed by atoms with E-state index in [1.54, 1.807) is 32.2 Å². The maximum Gasteiger partial charge on any atom is 0.338 e. The lowest BCUT2D eigenvalue weighted by Gasteiger charge is -2.36. The first-order valence-electron chi connectivity index (χ1n) is 15.9. The van der Waals surface area contributed by atoms with E-state index in [2.05, 4.69) is 15.2 Å². The number of carboxylic acids is 1. The Labute approximate surface area is 277 Å². The number of fused-ring (bicyclic) bond motifs is 1. The molecule has 2 unspecified atom stereocenters. The first kappa shape index (κ1) is 32.5. The van der Waals surface area contributed by atoms with Gasteiger partial charge in [0, 0.05) is 54.4 Å². The van der Waals surface area contributed by atoms with Crippen LogP contribution in [0.4, 0.5) is 10.1 Å². The van der Waals surface area contributed by atoms with Crippen LogP contribution in [-0.2, 0) is 19.1 Å². The Morgan fingerprint density at radius 2 is 1.98 bits per heavy atom. The number of hydrogen-bond donors (Lipinski definition) is 2. The molecule has 2 fully saturated rings. The topological polar surface area (TPSA) is 124 Å². The molecule has 3 aliphatic rings. The molecule has 0 bridgehead atoms. The number of amides is 1. The number of aromatic nitrogens is 1. The van der Waals surface area contributed by atoms with Crippen molar-refractivity contribution in [1.82, 2.24) is 15.2 Å². The third kappa shape index (κ3) is 6.70. The van der Waals surface area contributed by atoms with Gasteiger partial charge in [-0.05, 0) is 67.6 Å². The van der Waals surface area contributed by atoms with Gasteiger partial charge >= 0.3 is 11.9 Å². The summed E-state index contributed by atoms with van der Waals surface area (Å²) in [7, 11) is 0. The Bertz CT molecular complexity index is 1720. The van der Waals surface area contributed by atoms with Crippen molar-refractivity contribution in [1.29, 1.82) is 0 Å². The van der Waals surface area contributed by atoms with Crippen LogP contribution in [0, 0.1) is 24.6 Å². The fourth-order valence-electron chi connectivity index (χ4n) is 6.87. The molecule has 2 N–H and O–H groups in total. The van der Waals surface area contributed by atoms with Gasteiger partial charge in [-0.15, -0.1) is 11.3 Å². The lowest BCUT2D eigenvalue weighted by Crippen LogP contribution is -2.45. The number of benzene rings is 2. The summed E-state index contributed by atoms with van der Waals surface area (Å²) in [6.45, 7) is 7.75. The third-order valence-electron chi connectivity index (χ3n) is 9.32. The van der Waals surface area contributed by atoms with Gasteiger partial charge in [-0.1, -0.05) is 31.2 Å². The predicted molar refractivity (Wildman–Crippen MR) is 177 cm³/mol. The lowest BCUT2D eigenvalue weighted by atomic mass is 9.87. The molecule has 4 atom stereocenters. The number of carbonyl (C=O) groups excluding carboxylic acids is 2. The summed E-state index contributed by atoms with van der Waals surface area (Å²) in [5.74, 6) is -1.26. The first-order chi connectivity index (χ1) is 22.6. The number of rotatable bonds is 10. The minimum atomic E-state index is -0.843. The molecule has 0 aliphatic carbocycles. The summed E-state index contributed by atoms with van der Waals surface area (Å²) in [4.78, 5) is 51.7. The third-order valence-corrected chi connectivity index (χ3v) is 10.1. The van der Waals surface area contributed by atoms with E-state index >= 15 is 0 Å². The Morgan fingerprint density at radius 3 is 2.68 bits per heavy atom. The molecule has 3 aromatic rings. The molecule has 246 valence electrons. The van der Waals surface area contributed by atoms with Gasteiger partial charge in [0.15, 0.2) is 10.8 Å². The summed E-state index contributed by atoms with van der Waals surface area (Å²) >= 11 is 1.42. The second-order valence-corrected chi connectivity index (χ2v) is 13.2. The van der Waals surface area contributed by atoms with Gasteiger partial charge in [-0.3, -0.25) is 19.5 Å². The molecule has 0 saturated carbocycles. The zero-order chi connectivity index (χ0) is 33.2. The molecule has 0 spiro atoms. The van der Waals surface area contributed by atoms with E-state index in [1.807, 2.05) is 41.5 Å². The highest BCUT2D eigenvalue weighted by Crippen LogP contribution is 2.38. The van der Waals surface area contributed by atoms with Gasteiger partial charge in [-0.25, -0.2) is 14.2 Å². The van der Waals surface area contributed by atoms with Crippen molar-refractivity contribution in [2.75, 3.05) is 37.7 Å². The quantitative estimate of drug-likeness (QED) is 0.290. The number of halogens is 1. The van der Waals surface area contributed by atoms with E-state index in [9.17, 15) is 18.8 Å². The Morgan fingerprint density at radius 1 is 1.19 bits per heavy atom. The average Bonchev–Trinajstić information content (AvgIpc) is 3.70. The number of hydrogen-bond acceptors (Lipinski definition) is 9. The number of carbonyl (C=O) groups is 3. The molecule has 2 saturated heterocycles. The predicted octanol–water partition coefficient (Wildman–Crippen LogP) is 5.06. The van der Waals surface area contributed by atoms with Crippen molar-refractivity contribution in [3.63, 3.8) is 0 Å². The number of aliphatic carboxylic acids is 1. The van der Waals surface area contributed by atoms with E-state index in [0.717, 1.165) is 11.3 Å². The molecule has 0 radical (unpaired) electrons. The Balaban J connectivity index is 1.26. The van der Waals surface area contributed by atoms with Crippen molar-refractivity contribution in [3.8, 4) is 0 Å². The second-order valence-electron chi connectivity index (χ2n) is 12.3. The van der Waals surface area contributed by atoms with Gasteiger partial charge in [0.2, 0.25) is 5.91 Å². The molecular weight excluding hydrogens is 621 g/mol. The van der Waals surface area contributed by atoms with Gasteiger partial charge in [-0.2, -0.15) is 0 Å². The molecule has 6 rings (SSSR count). The van der Waals surface area contributed by atoms with Crippen LogP contribution in [0.15, 0.2) is 70.3 Å². The molecule has 3 aliphatic heterocycles. The normalized spacial score (nSPS) is 22.0. The van der Waals surface area contributed by atoms with Gasteiger partial charge < -0.3 is 20.1 Å². The van der Waals surface area contributed by atoms with Crippen LogP contribution in [-0.4, -0.2) is 71.5 Å². The minimum Gasteiger partial charge on any atom is -0.481 e. The van der Waals surface area contributed by atoms with Gasteiger partial charge in [0.1, 0.15) is 11.9 Å². The highest BCUT2D eigenvalue weighted by atomic mass is 32.1. The number of carboxylic acid groups (broad SMARTS) is 1. The van der Waals surface area contributed by atoms with Gasteiger partial charge in [0.05, 0.1) is 18.6 Å². The SMILES string of the molecule is CCOC(=O)C1=C(CN2CC[C@@H]3C(=O)N(c4ccc(C(C)CC(=O)O)cc4)CC3C2)NC(c2nccs2)=N[C@H]1c1cccc(F)c1C. The van der Waals surface area contributed by atoms with E-state index in [0.29, 0.717) is 65.8 Å². The number of likely N-dealkylation sites (tertiary alicyclic amines) is 1. The summed E-state index contributed by atoms with van der Waals surface area (Å²) in [6.07, 6.45) is 2.41. The van der Waals surface area contributed by atoms with Crippen molar-refractivity contribution in [2.45, 2.75) is 45.6 Å². The molecule has 4 heterocycles.